The molecular weight excluding hydrogens is 346 g/mol. The molecule has 2 rings (SSSR count). The van der Waals surface area contributed by atoms with Crippen LogP contribution in [0.3, 0.4) is 0 Å². The number of hydrogen-bond donors (Lipinski definition) is 1. The van der Waals surface area contributed by atoms with Crippen molar-refractivity contribution in [2.75, 3.05) is 40.3 Å². The highest BCUT2D eigenvalue weighted by molar-refractivity contribution is 5.81. The summed E-state index contributed by atoms with van der Waals surface area (Å²) in [6, 6.07) is 9.42. The molecule has 0 saturated carbocycles. The summed E-state index contributed by atoms with van der Waals surface area (Å²) in [6.45, 7) is 1.87. The van der Waals surface area contributed by atoms with E-state index in [2.05, 4.69) is 5.32 Å². The molecule has 0 aliphatic carbocycles. The molecule has 1 heterocycles. The van der Waals surface area contributed by atoms with Crippen molar-refractivity contribution in [3.8, 4) is 5.75 Å². The van der Waals surface area contributed by atoms with Crippen LogP contribution in [0.2, 0.25) is 0 Å². The molecule has 0 radical (unpaired) electrons. The predicted octanol–water partition coefficient (Wildman–Crippen LogP) is 1.29. The van der Waals surface area contributed by atoms with Gasteiger partial charge in [0.05, 0.1) is 13.0 Å². The maximum Gasteiger partial charge on any atom is 0.225 e. The van der Waals surface area contributed by atoms with Gasteiger partial charge in [0.1, 0.15) is 5.75 Å². The second-order valence-electron chi connectivity index (χ2n) is 6.90. The summed E-state index contributed by atoms with van der Waals surface area (Å²) in [5.41, 5.74) is 0. The first-order chi connectivity index (χ1) is 13.0. The van der Waals surface area contributed by atoms with Gasteiger partial charge in [0.15, 0.2) is 0 Å². The molecule has 7 nitrogen and oxygen atoms in total. The van der Waals surface area contributed by atoms with Crippen LogP contribution in [0.4, 0.5) is 0 Å². The third-order valence-corrected chi connectivity index (χ3v) is 4.68. The molecule has 1 aliphatic rings. The normalized spacial score (nSPS) is 14.5. The first-order valence-corrected chi connectivity index (χ1v) is 9.41. The molecule has 0 spiro atoms. The molecule has 148 valence electrons. The Labute approximate surface area is 160 Å². The van der Waals surface area contributed by atoms with Gasteiger partial charge in [-0.1, -0.05) is 18.2 Å². The topological polar surface area (TPSA) is 79.0 Å². The van der Waals surface area contributed by atoms with Gasteiger partial charge in [0.25, 0.3) is 0 Å². The molecule has 1 fully saturated rings. The number of para-hydroxylation sites is 1. The van der Waals surface area contributed by atoms with Crippen molar-refractivity contribution in [3.05, 3.63) is 30.3 Å². The van der Waals surface area contributed by atoms with Crippen molar-refractivity contribution in [2.45, 2.75) is 25.7 Å². The Balaban J connectivity index is 1.63. The lowest BCUT2D eigenvalue weighted by Crippen LogP contribution is -2.43. The third kappa shape index (κ3) is 6.92. The molecule has 0 unspecified atom stereocenters. The number of likely N-dealkylation sites (tertiary alicyclic amines) is 1. The van der Waals surface area contributed by atoms with E-state index >= 15 is 0 Å². The van der Waals surface area contributed by atoms with E-state index in [-0.39, 0.29) is 23.6 Å². The second kappa shape index (κ2) is 10.5. The second-order valence-corrected chi connectivity index (χ2v) is 6.90. The predicted molar refractivity (Wildman–Crippen MR) is 102 cm³/mol. The number of hydrogen-bond acceptors (Lipinski definition) is 4. The van der Waals surface area contributed by atoms with Crippen LogP contribution in [0.25, 0.3) is 0 Å². The monoisotopic (exact) mass is 375 g/mol. The molecule has 1 aromatic carbocycles. The maximum atomic E-state index is 12.3. The molecule has 7 heteroatoms. The molecule has 3 amide bonds. The SMILES string of the molecule is CN(C)C(=O)CCNC(=O)C1CCN(C(=O)CCOc2ccccc2)CC1. The first-order valence-electron chi connectivity index (χ1n) is 9.41. The van der Waals surface area contributed by atoms with Crippen molar-refractivity contribution in [1.82, 2.24) is 15.1 Å². The maximum absolute atomic E-state index is 12.3. The molecule has 1 aliphatic heterocycles. The molecule has 0 atom stereocenters. The van der Waals surface area contributed by atoms with Crippen LogP contribution in [0.5, 0.6) is 5.75 Å². The van der Waals surface area contributed by atoms with E-state index in [1.807, 2.05) is 30.3 Å². The molecule has 0 aromatic heterocycles. The lowest BCUT2D eigenvalue weighted by atomic mass is 9.95. The van der Waals surface area contributed by atoms with Gasteiger partial charge in [-0.05, 0) is 25.0 Å². The van der Waals surface area contributed by atoms with Gasteiger partial charge in [-0.25, -0.2) is 0 Å². The fourth-order valence-electron chi connectivity index (χ4n) is 2.98. The Kier molecular flexibility index (Phi) is 8.10. The number of carbonyl (C=O) groups excluding carboxylic acids is 3. The fourth-order valence-corrected chi connectivity index (χ4v) is 2.98. The molecule has 0 bridgehead atoms. The standard InChI is InChI=1S/C20H29N3O4/c1-22(2)18(24)8-12-21-20(26)16-9-13-23(14-10-16)19(25)11-15-27-17-6-4-3-5-7-17/h3-7,16H,8-15H2,1-2H3,(H,21,26). The van der Waals surface area contributed by atoms with E-state index < -0.39 is 0 Å². The van der Waals surface area contributed by atoms with Crippen LogP contribution >= 0.6 is 0 Å². The molecule has 27 heavy (non-hydrogen) atoms. The third-order valence-electron chi connectivity index (χ3n) is 4.68. The Morgan fingerprint density at radius 3 is 2.41 bits per heavy atom. The van der Waals surface area contributed by atoms with Crippen molar-refractivity contribution in [1.29, 1.82) is 0 Å². The summed E-state index contributed by atoms with van der Waals surface area (Å²) in [5.74, 6) is 0.688. The van der Waals surface area contributed by atoms with Gasteiger partial charge < -0.3 is 19.9 Å². The quantitative estimate of drug-likeness (QED) is 0.743. The van der Waals surface area contributed by atoms with E-state index in [9.17, 15) is 14.4 Å². The zero-order valence-corrected chi connectivity index (χ0v) is 16.1. The van der Waals surface area contributed by atoms with E-state index in [1.165, 1.54) is 4.90 Å². The Bertz CT molecular complexity index is 625. The molecule has 1 saturated heterocycles. The highest BCUT2D eigenvalue weighted by Crippen LogP contribution is 2.18. The van der Waals surface area contributed by atoms with Crippen LogP contribution in [0.1, 0.15) is 25.7 Å². The van der Waals surface area contributed by atoms with Crippen molar-refractivity contribution in [3.63, 3.8) is 0 Å². The molecule has 1 aromatic rings. The summed E-state index contributed by atoms with van der Waals surface area (Å²) < 4.78 is 5.56. The summed E-state index contributed by atoms with van der Waals surface area (Å²) in [7, 11) is 3.39. The average Bonchev–Trinajstić information content (AvgIpc) is 2.68. The highest BCUT2D eigenvalue weighted by atomic mass is 16.5. The van der Waals surface area contributed by atoms with Crippen molar-refractivity contribution in [2.24, 2.45) is 5.92 Å². The smallest absolute Gasteiger partial charge is 0.225 e. The van der Waals surface area contributed by atoms with Gasteiger partial charge >= 0.3 is 0 Å². The van der Waals surface area contributed by atoms with Gasteiger partial charge in [0, 0.05) is 46.1 Å². The van der Waals surface area contributed by atoms with Crippen LogP contribution in [-0.2, 0) is 14.4 Å². The first kappa shape index (κ1) is 20.7. The van der Waals surface area contributed by atoms with E-state index in [0.29, 0.717) is 51.9 Å². The fraction of sp³-hybridized carbons (Fsp3) is 0.550. The zero-order chi connectivity index (χ0) is 19.6. The Morgan fingerprint density at radius 2 is 1.78 bits per heavy atom. The van der Waals surface area contributed by atoms with E-state index in [4.69, 9.17) is 4.74 Å². The lowest BCUT2D eigenvalue weighted by Gasteiger charge is -2.31. The number of carbonyl (C=O) groups is 3. The number of amides is 3. The van der Waals surface area contributed by atoms with Gasteiger partial charge in [-0.15, -0.1) is 0 Å². The number of benzene rings is 1. The number of nitrogens with zero attached hydrogens (tertiary/aromatic N) is 2. The van der Waals surface area contributed by atoms with Crippen molar-refractivity contribution >= 4 is 17.7 Å². The number of piperidine rings is 1. The lowest BCUT2D eigenvalue weighted by molar-refractivity contribution is -0.136. The summed E-state index contributed by atoms with van der Waals surface area (Å²) in [6.07, 6.45) is 1.94. The zero-order valence-electron chi connectivity index (χ0n) is 16.1. The molecule has 1 N–H and O–H groups in total. The van der Waals surface area contributed by atoms with Crippen molar-refractivity contribution < 1.29 is 19.1 Å². The minimum Gasteiger partial charge on any atom is -0.493 e. The Hall–Kier alpha value is -2.57. The summed E-state index contributed by atoms with van der Waals surface area (Å²) in [4.78, 5) is 39.3. The van der Waals surface area contributed by atoms with Gasteiger partial charge in [0.2, 0.25) is 17.7 Å². The van der Waals surface area contributed by atoms with Crippen LogP contribution in [0.15, 0.2) is 30.3 Å². The largest absolute Gasteiger partial charge is 0.493 e. The van der Waals surface area contributed by atoms with E-state index in [1.54, 1.807) is 19.0 Å². The minimum atomic E-state index is -0.0934. The number of rotatable bonds is 8. The van der Waals surface area contributed by atoms with Gasteiger partial charge in [-0.3, -0.25) is 14.4 Å². The minimum absolute atomic E-state index is 0.00608. The summed E-state index contributed by atoms with van der Waals surface area (Å²) in [5, 5.41) is 2.82. The Morgan fingerprint density at radius 1 is 1.11 bits per heavy atom. The summed E-state index contributed by atoms with van der Waals surface area (Å²) >= 11 is 0. The van der Waals surface area contributed by atoms with E-state index in [0.717, 1.165) is 5.75 Å². The van der Waals surface area contributed by atoms with Crippen LogP contribution in [-0.4, -0.2) is 67.9 Å². The molecular formula is C20H29N3O4. The number of nitrogens with one attached hydrogen (secondary N) is 1. The average molecular weight is 375 g/mol. The van der Waals surface area contributed by atoms with Crippen LogP contribution < -0.4 is 10.1 Å². The van der Waals surface area contributed by atoms with Gasteiger partial charge in [-0.2, -0.15) is 0 Å². The number of ether oxygens (including phenoxy) is 1. The van der Waals surface area contributed by atoms with Crippen LogP contribution in [0, 0.1) is 5.92 Å². The highest BCUT2D eigenvalue weighted by Gasteiger charge is 2.27.